The van der Waals surface area contributed by atoms with Crippen LogP contribution in [0.1, 0.15) is 0 Å². The Morgan fingerprint density at radius 1 is 1.73 bits per heavy atom. The van der Waals surface area contributed by atoms with Crippen LogP contribution in [0.2, 0.25) is 0 Å². The van der Waals surface area contributed by atoms with Crippen molar-refractivity contribution in [3.05, 3.63) is 0 Å². The molecule has 2 N–H and O–H groups in total. The number of halogens is 1. The molecule has 0 spiro atoms. The van der Waals surface area contributed by atoms with Crippen molar-refractivity contribution >= 4 is 18.4 Å². The van der Waals surface area contributed by atoms with E-state index in [1.807, 2.05) is 11.9 Å². The summed E-state index contributed by atoms with van der Waals surface area (Å²) in [4.78, 5) is 12.4. The quantitative estimate of drug-likeness (QED) is 0.566. The zero-order chi connectivity index (χ0) is 7.56. The van der Waals surface area contributed by atoms with Crippen LogP contribution in [0, 0.1) is 0 Å². The molecule has 0 radical (unpaired) electrons. The monoisotopic (exact) mass is 180 g/mol. The van der Waals surface area contributed by atoms with Crippen molar-refractivity contribution in [1.82, 2.24) is 10.2 Å². The number of hydrogen-bond acceptors (Lipinski definition) is 3. The van der Waals surface area contributed by atoms with Crippen LogP contribution in [0.4, 0.5) is 0 Å². The summed E-state index contributed by atoms with van der Waals surface area (Å²) in [5.74, 6) is -0.758. The van der Waals surface area contributed by atoms with Crippen molar-refractivity contribution in [2.24, 2.45) is 0 Å². The molecule has 66 valence electrons. The van der Waals surface area contributed by atoms with Crippen molar-refractivity contribution in [3.63, 3.8) is 0 Å². The van der Waals surface area contributed by atoms with Gasteiger partial charge in [0, 0.05) is 19.6 Å². The molecule has 5 heteroatoms. The fourth-order valence-electron chi connectivity index (χ4n) is 1.06. The van der Waals surface area contributed by atoms with Crippen molar-refractivity contribution in [1.29, 1.82) is 0 Å². The molecule has 1 fully saturated rings. The van der Waals surface area contributed by atoms with Gasteiger partial charge in [0.15, 0.2) is 0 Å². The molecule has 1 aliphatic rings. The van der Waals surface area contributed by atoms with Gasteiger partial charge in [0.25, 0.3) is 0 Å². The topological polar surface area (TPSA) is 52.6 Å². The highest BCUT2D eigenvalue weighted by Crippen LogP contribution is 1.94. The Labute approximate surface area is 72.0 Å². The first-order valence-corrected chi connectivity index (χ1v) is 3.35. The molecule has 0 aromatic rings. The lowest BCUT2D eigenvalue weighted by Gasteiger charge is -2.27. The van der Waals surface area contributed by atoms with Gasteiger partial charge in [-0.3, -0.25) is 4.79 Å². The molecule has 1 rings (SSSR count). The number of carboxylic acids is 1. The highest BCUT2D eigenvalue weighted by molar-refractivity contribution is 5.85. The lowest BCUT2D eigenvalue weighted by Crippen LogP contribution is -2.52. The average molecular weight is 181 g/mol. The summed E-state index contributed by atoms with van der Waals surface area (Å²) in [6, 6.07) is -0.376. The van der Waals surface area contributed by atoms with E-state index in [4.69, 9.17) is 5.11 Å². The van der Waals surface area contributed by atoms with Gasteiger partial charge in [-0.1, -0.05) is 0 Å². The van der Waals surface area contributed by atoms with Gasteiger partial charge in [-0.05, 0) is 7.05 Å². The van der Waals surface area contributed by atoms with Gasteiger partial charge in [-0.2, -0.15) is 0 Å². The molecule has 0 aliphatic carbocycles. The maximum Gasteiger partial charge on any atom is 0.322 e. The summed E-state index contributed by atoms with van der Waals surface area (Å²) < 4.78 is 0. The number of hydrogen-bond donors (Lipinski definition) is 2. The Bertz CT molecular complexity index is 143. The molecule has 1 heterocycles. The minimum absolute atomic E-state index is 0. The van der Waals surface area contributed by atoms with Gasteiger partial charge >= 0.3 is 5.97 Å². The van der Waals surface area contributed by atoms with E-state index in [9.17, 15) is 4.79 Å². The van der Waals surface area contributed by atoms with E-state index in [0.717, 1.165) is 13.1 Å². The molecule has 1 unspecified atom stereocenters. The van der Waals surface area contributed by atoms with Crippen LogP contribution < -0.4 is 5.32 Å². The summed E-state index contributed by atoms with van der Waals surface area (Å²) in [6.07, 6.45) is 0. The maximum atomic E-state index is 10.4. The predicted octanol–water partition coefficient (Wildman–Crippen LogP) is -0.604. The molecule has 1 saturated heterocycles. The number of nitrogens with one attached hydrogen (secondary N) is 1. The second-order valence-electron chi connectivity index (χ2n) is 2.61. The molecule has 11 heavy (non-hydrogen) atoms. The van der Waals surface area contributed by atoms with Crippen molar-refractivity contribution in [2.45, 2.75) is 6.04 Å². The Kier molecular flexibility index (Phi) is 4.40. The van der Waals surface area contributed by atoms with Gasteiger partial charge in [0.1, 0.15) is 6.04 Å². The van der Waals surface area contributed by atoms with Crippen LogP contribution in [-0.2, 0) is 4.79 Å². The van der Waals surface area contributed by atoms with Crippen LogP contribution in [0.3, 0.4) is 0 Å². The maximum absolute atomic E-state index is 10.4. The molecule has 1 aliphatic heterocycles. The molecule has 0 amide bonds. The fraction of sp³-hybridized carbons (Fsp3) is 0.833. The SMILES string of the molecule is CN1CCNC(C(=O)O)C1.Cl. The first-order valence-electron chi connectivity index (χ1n) is 3.35. The number of rotatable bonds is 1. The number of nitrogens with zero attached hydrogens (tertiary/aromatic N) is 1. The van der Waals surface area contributed by atoms with Crippen molar-refractivity contribution in [2.75, 3.05) is 26.7 Å². The van der Waals surface area contributed by atoms with E-state index in [1.165, 1.54) is 0 Å². The van der Waals surface area contributed by atoms with E-state index >= 15 is 0 Å². The number of piperazine rings is 1. The van der Waals surface area contributed by atoms with E-state index in [-0.39, 0.29) is 18.4 Å². The normalized spacial score (nSPS) is 25.7. The van der Waals surface area contributed by atoms with Crippen LogP contribution >= 0.6 is 12.4 Å². The van der Waals surface area contributed by atoms with Crippen molar-refractivity contribution in [3.8, 4) is 0 Å². The van der Waals surface area contributed by atoms with Gasteiger partial charge in [-0.25, -0.2) is 0 Å². The highest BCUT2D eigenvalue weighted by Gasteiger charge is 2.21. The minimum Gasteiger partial charge on any atom is -0.480 e. The molecule has 4 nitrogen and oxygen atoms in total. The molecule has 0 aromatic carbocycles. The molecule has 0 aromatic heterocycles. The zero-order valence-corrected chi connectivity index (χ0v) is 7.23. The summed E-state index contributed by atoms with van der Waals surface area (Å²) in [5, 5.41) is 11.5. The summed E-state index contributed by atoms with van der Waals surface area (Å²) in [7, 11) is 1.93. The van der Waals surface area contributed by atoms with E-state index in [2.05, 4.69) is 5.32 Å². The lowest BCUT2D eigenvalue weighted by molar-refractivity contribution is -0.140. The lowest BCUT2D eigenvalue weighted by atomic mass is 10.2. The Balaban J connectivity index is 0.000001000. The Hall–Kier alpha value is -0.320. The van der Waals surface area contributed by atoms with E-state index in [0.29, 0.717) is 6.54 Å². The third-order valence-electron chi connectivity index (χ3n) is 1.68. The second kappa shape index (κ2) is 4.54. The standard InChI is InChI=1S/C6H12N2O2.ClH/c1-8-3-2-7-5(4-8)6(9)10;/h5,7H,2-4H2,1H3,(H,9,10);1H. The van der Waals surface area contributed by atoms with Gasteiger partial charge in [0.05, 0.1) is 0 Å². The van der Waals surface area contributed by atoms with E-state index < -0.39 is 5.97 Å². The average Bonchev–Trinajstić information content (AvgIpc) is 1.88. The van der Waals surface area contributed by atoms with Crippen LogP contribution in [0.25, 0.3) is 0 Å². The summed E-state index contributed by atoms with van der Waals surface area (Å²) in [6.45, 7) is 2.31. The number of carbonyl (C=O) groups is 1. The number of likely N-dealkylation sites (N-methyl/N-ethyl adjacent to an activating group) is 1. The zero-order valence-electron chi connectivity index (χ0n) is 6.41. The first kappa shape index (κ1) is 10.7. The first-order chi connectivity index (χ1) is 4.70. The Morgan fingerprint density at radius 2 is 2.36 bits per heavy atom. The van der Waals surface area contributed by atoms with Gasteiger partial charge in [-0.15, -0.1) is 12.4 Å². The second-order valence-corrected chi connectivity index (χ2v) is 2.61. The Morgan fingerprint density at radius 3 is 2.73 bits per heavy atom. The van der Waals surface area contributed by atoms with Gasteiger partial charge < -0.3 is 15.3 Å². The fourth-order valence-corrected chi connectivity index (χ4v) is 1.06. The van der Waals surface area contributed by atoms with E-state index in [1.54, 1.807) is 0 Å². The third kappa shape index (κ3) is 3.05. The largest absolute Gasteiger partial charge is 0.480 e. The summed E-state index contributed by atoms with van der Waals surface area (Å²) >= 11 is 0. The van der Waals surface area contributed by atoms with Gasteiger partial charge in [0.2, 0.25) is 0 Å². The number of carboxylic acid groups (broad SMARTS) is 1. The smallest absolute Gasteiger partial charge is 0.322 e. The summed E-state index contributed by atoms with van der Waals surface area (Å²) in [5.41, 5.74) is 0. The minimum atomic E-state index is -0.758. The molecule has 0 bridgehead atoms. The molecule has 1 atom stereocenters. The predicted molar refractivity (Wildman–Crippen MR) is 44.2 cm³/mol. The van der Waals surface area contributed by atoms with Crippen LogP contribution in [-0.4, -0.2) is 48.7 Å². The highest BCUT2D eigenvalue weighted by atomic mass is 35.5. The molecule has 0 saturated carbocycles. The van der Waals surface area contributed by atoms with Crippen LogP contribution in [0.5, 0.6) is 0 Å². The number of aliphatic carboxylic acids is 1. The van der Waals surface area contributed by atoms with Crippen molar-refractivity contribution < 1.29 is 9.90 Å². The molecular formula is C6H13ClN2O2. The third-order valence-corrected chi connectivity index (χ3v) is 1.68. The van der Waals surface area contributed by atoms with Crippen LogP contribution in [0.15, 0.2) is 0 Å². The molecular weight excluding hydrogens is 168 g/mol.